The van der Waals surface area contributed by atoms with Crippen LogP contribution >= 0.6 is 0 Å². The fraction of sp³-hybridized carbons (Fsp3) is 0.474. The molecule has 2 aliphatic rings. The zero-order valence-corrected chi connectivity index (χ0v) is 14.3. The number of hydrogen-bond donors (Lipinski definition) is 1. The molecule has 1 aromatic heterocycles. The van der Waals surface area contributed by atoms with E-state index in [1.807, 2.05) is 35.2 Å². The molecular weight excluding hydrogens is 320 g/mol. The van der Waals surface area contributed by atoms with Crippen LogP contribution in [0.15, 0.2) is 34.7 Å². The summed E-state index contributed by atoms with van der Waals surface area (Å²) in [5.74, 6) is 0.785. The standard InChI is InChI=1S/C19H22N2O4/c1-13(22)20-19-6-7-24-11-15(19)10-21(12-19)18(23)9-16-8-14-4-2-3-5-17(14)25-16/h2-5,8,15H,6-7,9-12H2,1H3,(H,20,22). The third kappa shape index (κ3) is 3.02. The molecule has 2 aromatic rings. The first kappa shape index (κ1) is 16.1. The fourth-order valence-electron chi connectivity index (χ4n) is 4.08. The Morgan fingerprint density at radius 2 is 2.20 bits per heavy atom. The molecule has 2 unspecified atom stereocenters. The Kier molecular flexibility index (Phi) is 4.00. The Morgan fingerprint density at radius 1 is 1.36 bits per heavy atom. The van der Waals surface area contributed by atoms with Crippen LogP contribution in [0.25, 0.3) is 11.0 Å². The number of hydrogen-bond acceptors (Lipinski definition) is 4. The maximum atomic E-state index is 12.8. The molecule has 4 rings (SSSR count). The Labute approximate surface area is 146 Å². The van der Waals surface area contributed by atoms with Crippen LogP contribution in [0.5, 0.6) is 0 Å². The summed E-state index contributed by atoms with van der Waals surface area (Å²) < 4.78 is 11.3. The van der Waals surface area contributed by atoms with Gasteiger partial charge in [-0.2, -0.15) is 0 Å². The molecule has 3 heterocycles. The van der Waals surface area contributed by atoms with E-state index in [1.165, 1.54) is 6.92 Å². The molecule has 2 fully saturated rings. The number of nitrogens with one attached hydrogen (secondary N) is 1. The van der Waals surface area contributed by atoms with Gasteiger partial charge in [0.25, 0.3) is 0 Å². The van der Waals surface area contributed by atoms with Crippen LogP contribution in [0.1, 0.15) is 19.1 Å². The molecule has 2 aliphatic heterocycles. The van der Waals surface area contributed by atoms with Crippen molar-refractivity contribution >= 4 is 22.8 Å². The zero-order chi connectivity index (χ0) is 17.4. The highest BCUT2D eigenvalue weighted by Gasteiger charge is 2.50. The largest absolute Gasteiger partial charge is 0.461 e. The molecular formula is C19H22N2O4. The second kappa shape index (κ2) is 6.19. The third-order valence-electron chi connectivity index (χ3n) is 5.29. The van der Waals surface area contributed by atoms with Gasteiger partial charge in [0.1, 0.15) is 11.3 Å². The van der Waals surface area contributed by atoms with Gasteiger partial charge in [-0.05, 0) is 18.6 Å². The van der Waals surface area contributed by atoms with Crippen molar-refractivity contribution in [3.05, 3.63) is 36.1 Å². The molecule has 6 heteroatoms. The van der Waals surface area contributed by atoms with E-state index in [2.05, 4.69) is 5.32 Å². The summed E-state index contributed by atoms with van der Waals surface area (Å²) in [6.07, 6.45) is 0.976. The number of nitrogens with zero attached hydrogens (tertiary/aromatic N) is 1. The maximum Gasteiger partial charge on any atom is 0.230 e. The molecule has 0 spiro atoms. The van der Waals surface area contributed by atoms with Crippen molar-refractivity contribution in [1.29, 1.82) is 0 Å². The predicted molar refractivity (Wildman–Crippen MR) is 92.0 cm³/mol. The van der Waals surface area contributed by atoms with Crippen LogP contribution in [0.4, 0.5) is 0 Å². The lowest BCUT2D eigenvalue weighted by molar-refractivity contribution is -0.130. The van der Waals surface area contributed by atoms with Gasteiger partial charge in [0.05, 0.1) is 18.6 Å². The summed E-state index contributed by atoms with van der Waals surface area (Å²) in [5, 5.41) is 4.09. The van der Waals surface area contributed by atoms with Gasteiger partial charge >= 0.3 is 0 Å². The molecule has 0 bridgehead atoms. The first-order valence-electron chi connectivity index (χ1n) is 8.67. The summed E-state index contributed by atoms with van der Waals surface area (Å²) >= 11 is 0. The Morgan fingerprint density at radius 3 is 3.00 bits per heavy atom. The number of carbonyl (C=O) groups is 2. The summed E-state index contributed by atoms with van der Waals surface area (Å²) in [6, 6.07) is 9.66. The minimum absolute atomic E-state index is 0.0261. The molecule has 2 atom stereocenters. The SMILES string of the molecule is CC(=O)NC12CCOCC1CN(C(=O)Cc1cc3ccccc3o1)C2. The van der Waals surface area contributed by atoms with Gasteiger partial charge in [-0.15, -0.1) is 0 Å². The van der Waals surface area contributed by atoms with E-state index >= 15 is 0 Å². The summed E-state index contributed by atoms with van der Waals surface area (Å²) in [6.45, 7) is 3.87. The zero-order valence-electron chi connectivity index (χ0n) is 14.3. The van der Waals surface area contributed by atoms with Crippen molar-refractivity contribution in [3.63, 3.8) is 0 Å². The molecule has 6 nitrogen and oxygen atoms in total. The minimum atomic E-state index is -0.354. The van der Waals surface area contributed by atoms with E-state index in [9.17, 15) is 9.59 Å². The lowest BCUT2D eigenvalue weighted by atomic mass is 9.83. The van der Waals surface area contributed by atoms with Gasteiger partial charge in [0.15, 0.2) is 0 Å². The number of furan rings is 1. The quantitative estimate of drug-likeness (QED) is 0.922. The van der Waals surface area contributed by atoms with Crippen LogP contribution in [0.3, 0.4) is 0 Å². The first-order valence-corrected chi connectivity index (χ1v) is 8.67. The lowest BCUT2D eigenvalue weighted by Crippen LogP contribution is -2.57. The third-order valence-corrected chi connectivity index (χ3v) is 5.29. The fourth-order valence-corrected chi connectivity index (χ4v) is 4.08. The molecule has 1 aromatic carbocycles. The highest BCUT2D eigenvalue weighted by molar-refractivity contribution is 5.83. The van der Waals surface area contributed by atoms with Crippen molar-refractivity contribution in [1.82, 2.24) is 10.2 Å². The van der Waals surface area contributed by atoms with Gasteiger partial charge in [-0.1, -0.05) is 18.2 Å². The normalized spacial score (nSPS) is 25.8. The van der Waals surface area contributed by atoms with Crippen molar-refractivity contribution in [2.45, 2.75) is 25.3 Å². The number of benzene rings is 1. The molecule has 1 N–H and O–H groups in total. The Hall–Kier alpha value is -2.34. The number of para-hydroxylation sites is 1. The summed E-state index contributed by atoms with van der Waals surface area (Å²) in [5.41, 5.74) is 0.441. The van der Waals surface area contributed by atoms with E-state index < -0.39 is 0 Å². The van der Waals surface area contributed by atoms with E-state index in [0.29, 0.717) is 32.1 Å². The van der Waals surface area contributed by atoms with Crippen LogP contribution in [-0.4, -0.2) is 48.6 Å². The van der Waals surface area contributed by atoms with Crippen molar-refractivity contribution in [2.24, 2.45) is 5.92 Å². The monoisotopic (exact) mass is 342 g/mol. The highest BCUT2D eigenvalue weighted by Crippen LogP contribution is 2.35. The molecule has 0 aliphatic carbocycles. The molecule has 2 amide bonds. The number of ether oxygens (including phenoxy) is 1. The van der Waals surface area contributed by atoms with E-state index in [-0.39, 0.29) is 29.7 Å². The molecule has 25 heavy (non-hydrogen) atoms. The Bertz CT molecular complexity index is 782. The minimum Gasteiger partial charge on any atom is -0.461 e. The van der Waals surface area contributed by atoms with Gasteiger partial charge in [0.2, 0.25) is 11.8 Å². The maximum absolute atomic E-state index is 12.8. The van der Waals surface area contributed by atoms with E-state index in [1.54, 1.807) is 0 Å². The number of likely N-dealkylation sites (tertiary alicyclic amines) is 1. The van der Waals surface area contributed by atoms with Gasteiger partial charge in [0, 0.05) is 37.9 Å². The van der Waals surface area contributed by atoms with Crippen LogP contribution < -0.4 is 5.32 Å². The molecule has 132 valence electrons. The predicted octanol–water partition coefficient (Wildman–Crippen LogP) is 1.73. The van der Waals surface area contributed by atoms with Gasteiger partial charge in [-0.3, -0.25) is 9.59 Å². The topological polar surface area (TPSA) is 71.8 Å². The molecule has 0 radical (unpaired) electrons. The second-order valence-corrected chi connectivity index (χ2v) is 7.06. The molecule has 2 saturated heterocycles. The van der Waals surface area contributed by atoms with Crippen LogP contribution in [-0.2, 0) is 20.7 Å². The highest BCUT2D eigenvalue weighted by atomic mass is 16.5. The lowest BCUT2D eigenvalue weighted by Gasteiger charge is -2.38. The Balaban J connectivity index is 1.49. The first-order chi connectivity index (χ1) is 12.1. The number of fused-ring (bicyclic) bond motifs is 2. The average Bonchev–Trinajstić information content (AvgIpc) is 3.14. The number of rotatable bonds is 3. The summed E-state index contributed by atoms with van der Waals surface area (Å²) in [4.78, 5) is 26.3. The van der Waals surface area contributed by atoms with Crippen molar-refractivity contribution in [2.75, 3.05) is 26.3 Å². The second-order valence-electron chi connectivity index (χ2n) is 7.06. The van der Waals surface area contributed by atoms with Gasteiger partial charge < -0.3 is 19.4 Å². The van der Waals surface area contributed by atoms with Gasteiger partial charge in [-0.25, -0.2) is 0 Å². The number of amides is 2. The van der Waals surface area contributed by atoms with Crippen molar-refractivity contribution < 1.29 is 18.7 Å². The average molecular weight is 342 g/mol. The smallest absolute Gasteiger partial charge is 0.230 e. The van der Waals surface area contributed by atoms with Crippen LogP contribution in [0.2, 0.25) is 0 Å². The summed E-state index contributed by atoms with van der Waals surface area (Å²) in [7, 11) is 0. The van der Waals surface area contributed by atoms with Crippen molar-refractivity contribution in [3.8, 4) is 0 Å². The van der Waals surface area contributed by atoms with Crippen LogP contribution in [0, 0.1) is 5.92 Å². The molecule has 0 saturated carbocycles. The number of carbonyl (C=O) groups excluding carboxylic acids is 2. The van der Waals surface area contributed by atoms with E-state index in [0.717, 1.165) is 17.4 Å². The van der Waals surface area contributed by atoms with E-state index in [4.69, 9.17) is 9.15 Å².